The summed E-state index contributed by atoms with van der Waals surface area (Å²) in [5, 5.41) is 5.62. The Bertz CT molecular complexity index is 799. The summed E-state index contributed by atoms with van der Waals surface area (Å²) in [6, 6.07) is 11.0. The Morgan fingerprint density at radius 2 is 1.65 bits per heavy atom. The van der Waals surface area contributed by atoms with Gasteiger partial charge in [-0.3, -0.25) is 4.79 Å². The molecule has 2 aromatic rings. The van der Waals surface area contributed by atoms with Gasteiger partial charge in [-0.2, -0.15) is 0 Å². The van der Waals surface area contributed by atoms with Gasteiger partial charge in [0, 0.05) is 24.1 Å². The van der Waals surface area contributed by atoms with Crippen molar-refractivity contribution in [2.45, 2.75) is 20.3 Å². The maximum atomic E-state index is 12.1. The Balaban J connectivity index is 1.70. The van der Waals surface area contributed by atoms with Crippen LogP contribution in [0.4, 0.5) is 21.9 Å². The first-order valence-electron chi connectivity index (χ1n) is 7.49. The number of nitrogens with one attached hydrogen (secondary N) is 2. The van der Waals surface area contributed by atoms with Gasteiger partial charge in [-0.1, -0.05) is 6.07 Å². The normalized spacial score (nSPS) is 13.0. The zero-order valence-electron chi connectivity index (χ0n) is 13.4. The first-order valence-corrected chi connectivity index (χ1v) is 7.49. The zero-order chi connectivity index (χ0) is 16.6. The number of amides is 3. The van der Waals surface area contributed by atoms with Crippen molar-refractivity contribution in [2.75, 3.05) is 22.6 Å². The molecule has 3 rings (SSSR count). The first kappa shape index (κ1) is 15.1. The Kier molecular flexibility index (Phi) is 3.78. The standard InChI is InChI=1S/C18H19N3O2/c1-11-4-5-14(8-12(11)2)19-18(23)20-15-6-7-16-13(9-15)10-17(22)21(16)3/h4-9H,10H2,1-3H3,(H2,19,20,23). The largest absolute Gasteiger partial charge is 0.323 e. The maximum absolute atomic E-state index is 12.1. The van der Waals surface area contributed by atoms with Crippen LogP contribution in [0.15, 0.2) is 36.4 Å². The molecule has 0 unspecified atom stereocenters. The van der Waals surface area contributed by atoms with Gasteiger partial charge >= 0.3 is 6.03 Å². The van der Waals surface area contributed by atoms with Crippen molar-refractivity contribution in [2.24, 2.45) is 0 Å². The van der Waals surface area contributed by atoms with Crippen LogP contribution in [-0.4, -0.2) is 19.0 Å². The molecule has 1 aliphatic rings. The molecule has 118 valence electrons. The number of aryl methyl sites for hydroxylation is 2. The van der Waals surface area contributed by atoms with E-state index < -0.39 is 0 Å². The third-order valence-electron chi connectivity index (χ3n) is 4.18. The van der Waals surface area contributed by atoms with Gasteiger partial charge in [0.1, 0.15) is 0 Å². The van der Waals surface area contributed by atoms with Crippen LogP contribution in [-0.2, 0) is 11.2 Å². The SMILES string of the molecule is Cc1ccc(NC(=O)Nc2ccc3c(c2)CC(=O)N3C)cc1C. The molecule has 0 aromatic heterocycles. The molecule has 0 saturated heterocycles. The maximum Gasteiger partial charge on any atom is 0.323 e. The summed E-state index contributed by atoms with van der Waals surface area (Å²) in [5.74, 6) is 0.0664. The van der Waals surface area contributed by atoms with Crippen LogP contribution >= 0.6 is 0 Å². The minimum atomic E-state index is -0.300. The second-order valence-corrected chi connectivity index (χ2v) is 5.85. The van der Waals surface area contributed by atoms with Crippen LogP contribution in [0.25, 0.3) is 0 Å². The van der Waals surface area contributed by atoms with E-state index in [1.807, 2.05) is 44.2 Å². The number of anilines is 3. The van der Waals surface area contributed by atoms with Crippen molar-refractivity contribution in [1.82, 2.24) is 0 Å². The number of rotatable bonds is 2. The Labute approximate surface area is 135 Å². The predicted octanol–water partition coefficient (Wildman–Crippen LogP) is 3.47. The molecule has 0 spiro atoms. The second kappa shape index (κ2) is 5.76. The van der Waals surface area contributed by atoms with E-state index in [2.05, 4.69) is 10.6 Å². The van der Waals surface area contributed by atoms with Crippen LogP contribution in [0, 0.1) is 13.8 Å². The molecule has 5 nitrogen and oxygen atoms in total. The quantitative estimate of drug-likeness (QED) is 0.892. The smallest absolute Gasteiger partial charge is 0.315 e. The fourth-order valence-electron chi connectivity index (χ4n) is 2.66. The fraction of sp³-hybridized carbons (Fsp3) is 0.222. The molecule has 0 saturated carbocycles. The molecule has 2 aromatic carbocycles. The molecule has 0 fully saturated rings. The van der Waals surface area contributed by atoms with E-state index in [0.29, 0.717) is 12.1 Å². The summed E-state index contributed by atoms with van der Waals surface area (Å²) in [5.41, 5.74) is 5.57. The third-order valence-corrected chi connectivity index (χ3v) is 4.18. The van der Waals surface area contributed by atoms with Crippen molar-refractivity contribution in [1.29, 1.82) is 0 Å². The Morgan fingerprint density at radius 1 is 1.00 bits per heavy atom. The molecule has 1 aliphatic heterocycles. The van der Waals surface area contributed by atoms with Crippen molar-refractivity contribution in [3.8, 4) is 0 Å². The zero-order valence-corrected chi connectivity index (χ0v) is 13.4. The summed E-state index contributed by atoms with van der Waals surface area (Å²) in [6.45, 7) is 4.04. The number of urea groups is 1. The highest BCUT2D eigenvalue weighted by Gasteiger charge is 2.24. The lowest BCUT2D eigenvalue weighted by Gasteiger charge is -2.12. The van der Waals surface area contributed by atoms with Crippen LogP contribution in [0.3, 0.4) is 0 Å². The number of hydrogen-bond donors (Lipinski definition) is 2. The highest BCUT2D eigenvalue weighted by atomic mass is 16.2. The van der Waals surface area contributed by atoms with Crippen molar-refractivity contribution >= 4 is 29.0 Å². The number of carbonyl (C=O) groups is 2. The van der Waals surface area contributed by atoms with Crippen molar-refractivity contribution < 1.29 is 9.59 Å². The average molecular weight is 309 g/mol. The van der Waals surface area contributed by atoms with E-state index in [4.69, 9.17) is 0 Å². The summed E-state index contributed by atoms with van der Waals surface area (Å²) >= 11 is 0. The molecule has 0 radical (unpaired) electrons. The number of likely N-dealkylation sites (N-methyl/N-ethyl adjacent to an activating group) is 1. The lowest BCUT2D eigenvalue weighted by Crippen LogP contribution is -2.20. The first-order chi connectivity index (χ1) is 10.9. The third kappa shape index (κ3) is 3.04. The van der Waals surface area contributed by atoms with Crippen LogP contribution in [0.1, 0.15) is 16.7 Å². The van der Waals surface area contributed by atoms with E-state index in [1.165, 1.54) is 5.56 Å². The molecule has 23 heavy (non-hydrogen) atoms. The minimum absolute atomic E-state index is 0.0664. The molecule has 5 heteroatoms. The van der Waals surface area contributed by atoms with Gasteiger partial charge in [-0.25, -0.2) is 4.79 Å². The summed E-state index contributed by atoms with van der Waals surface area (Å²) < 4.78 is 0. The van der Waals surface area contributed by atoms with Gasteiger partial charge < -0.3 is 15.5 Å². The van der Waals surface area contributed by atoms with Gasteiger partial charge in [-0.05, 0) is 60.9 Å². The van der Waals surface area contributed by atoms with Gasteiger partial charge in [-0.15, -0.1) is 0 Å². The van der Waals surface area contributed by atoms with E-state index in [9.17, 15) is 9.59 Å². The van der Waals surface area contributed by atoms with E-state index in [1.54, 1.807) is 18.0 Å². The fourth-order valence-corrected chi connectivity index (χ4v) is 2.66. The van der Waals surface area contributed by atoms with Gasteiger partial charge in [0.2, 0.25) is 5.91 Å². The highest BCUT2D eigenvalue weighted by Crippen LogP contribution is 2.30. The molecule has 0 aliphatic carbocycles. The Hall–Kier alpha value is -2.82. The second-order valence-electron chi connectivity index (χ2n) is 5.85. The summed E-state index contributed by atoms with van der Waals surface area (Å²) in [6.07, 6.45) is 0.375. The van der Waals surface area contributed by atoms with Crippen LogP contribution < -0.4 is 15.5 Å². The van der Waals surface area contributed by atoms with E-state index in [0.717, 1.165) is 22.5 Å². The molecule has 2 N–H and O–H groups in total. The molecule has 3 amide bonds. The molecular weight excluding hydrogens is 290 g/mol. The Morgan fingerprint density at radius 3 is 2.35 bits per heavy atom. The number of benzene rings is 2. The number of nitrogens with zero attached hydrogens (tertiary/aromatic N) is 1. The molecule has 0 atom stereocenters. The molecular formula is C18H19N3O2. The van der Waals surface area contributed by atoms with Gasteiger partial charge in [0.25, 0.3) is 0 Å². The highest BCUT2D eigenvalue weighted by molar-refractivity contribution is 6.03. The summed E-state index contributed by atoms with van der Waals surface area (Å²) in [7, 11) is 1.76. The lowest BCUT2D eigenvalue weighted by molar-refractivity contribution is -0.117. The molecule has 0 bridgehead atoms. The van der Waals surface area contributed by atoms with Crippen molar-refractivity contribution in [3.05, 3.63) is 53.1 Å². The van der Waals surface area contributed by atoms with Gasteiger partial charge in [0.05, 0.1) is 6.42 Å². The van der Waals surface area contributed by atoms with E-state index in [-0.39, 0.29) is 11.9 Å². The van der Waals surface area contributed by atoms with Crippen molar-refractivity contribution in [3.63, 3.8) is 0 Å². The number of carbonyl (C=O) groups excluding carboxylic acids is 2. The number of hydrogen-bond acceptors (Lipinski definition) is 2. The average Bonchev–Trinajstić information content (AvgIpc) is 2.77. The minimum Gasteiger partial charge on any atom is -0.315 e. The van der Waals surface area contributed by atoms with E-state index >= 15 is 0 Å². The lowest BCUT2D eigenvalue weighted by atomic mass is 10.1. The van der Waals surface area contributed by atoms with Crippen LogP contribution in [0.2, 0.25) is 0 Å². The van der Waals surface area contributed by atoms with Crippen LogP contribution in [0.5, 0.6) is 0 Å². The summed E-state index contributed by atoms with van der Waals surface area (Å²) in [4.78, 5) is 25.4. The molecule has 1 heterocycles. The van der Waals surface area contributed by atoms with Gasteiger partial charge in [0.15, 0.2) is 0 Å². The monoisotopic (exact) mass is 309 g/mol. The topological polar surface area (TPSA) is 61.4 Å². The predicted molar refractivity (Wildman–Crippen MR) is 92.1 cm³/mol. The number of fused-ring (bicyclic) bond motifs is 1.